The third kappa shape index (κ3) is 5.08. The lowest BCUT2D eigenvalue weighted by atomic mass is 9.92. The van der Waals surface area contributed by atoms with Gasteiger partial charge in [0.25, 0.3) is 0 Å². The van der Waals surface area contributed by atoms with Crippen LogP contribution in [0.1, 0.15) is 41.6 Å². The fraction of sp³-hybridized carbons (Fsp3) is 0.500. The van der Waals surface area contributed by atoms with E-state index >= 15 is 0 Å². The molecule has 2 rings (SSSR count). The van der Waals surface area contributed by atoms with E-state index in [4.69, 9.17) is 13.3 Å². The van der Waals surface area contributed by atoms with Gasteiger partial charge >= 0.3 is 14.8 Å². The van der Waals surface area contributed by atoms with Gasteiger partial charge in [0.05, 0.1) is 5.69 Å². The van der Waals surface area contributed by atoms with Gasteiger partial charge in [-0.25, -0.2) is 9.78 Å². The van der Waals surface area contributed by atoms with E-state index in [2.05, 4.69) is 49.3 Å². The summed E-state index contributed by atoms with van der Waals surface area (Å²) in [6.45, 7) is 6.83. The van der Waals surface area contributed by atoms with Crippen molar-refractivity contribution in [1.29, 1.82) is 0 Å². The number of carbonyl (C=O) groups is 1. The molecular weight excluding hydrogens is 374 g/mol. The van der Waals surface area contributed by atoms with Crippen LogP contribution < -0.4 is 5.32 Å². The number of carbonyl (C=O) groups excluding carboxylic acids is 1. The molecular formula is C20H31N3O4Si. The molecule has 154 valence electrons. The van der Waals surface area contributed by atoms with E-state index < -0.39 is 8.80 Å². The maximum Gasteiger partial charge on any atom is 0.500 e. The molecule has 28 heavy (non-hydrogen) atoms. The Kier molecular flexibility index (Phi) is 7.94. The first-order valence-corrected chi connectivity index (χ1v) is 11.3. The lowest BCUT2D eigenvalue weighted by molar-refractivity contribution is 0.123. The lowest BCUT2D eigenvalue weighted by Crippen LogP contribution is -2.43. The minimum absolute atomic E-state index is 0.116. The van der Waals surface area contributed by atoms with Crippen LogP contribution in [0.4, 0.5) is 4.79 Å². The molecule has 0 aliphatic heterocycles. The van der Waals surface area contributed by atoms with E-state index in [0.29, 0.717) is 19.0 Å². The molecule has 1 aromatic carbocycles. The number of nitrogens with zero attached hydrogens (tertiary/aromatic N) is 2. The molecule has 0 saturated carbocycles. The maximum absolute atomic E-state index is 12.4. The molecule has 1 amide bonds. The molecule has 1 atom stereocenters. The van der Waals surface area contributed by atoms with Crippen LogP contribution in [-0.2, 0) is 13.3 Å². The van der Waals surface area contributed by atoms with E-state index in [-0.39, 0.29) is 11.9 Å². The minimum atomic E-state index is -2.60. The Bertz CT molecular complexity index is 781. The van der Waals surface area contributed by atoms with Gasteiger partial charge in [0.15, 0.2) is 0 Å². The number of nitrogens with one attached hydrogen (secondary N) is 1. The average molecular weight is 406 g/mol. The summed E-state index contributed by atoms with van der Waals surface area (Å²) < 4.78 is 17.6. The van der Waals surface area contributed by atoms with Crippen LogP contribution in [0.25, 0.3) is 0 Å². The summed E-state index contributed by atoms with van der Waals surface area (Å²) in [7, 11) is 2.16. The number of rotatable bonds is 9. The Morgan fingerprint density at radius 2 is 1.89 bits per heavy atom. The summed E-state index contributed by atoms with van der Waals surface area (Å²) in [5.41, 5.74) is 4.61. The molecule has 0 radical (unpaired) electrons. The van der Waals surface area contributed by atoms with Crippen molar-refractivity contribution in [1.82, 2.24) is 14.9 Å². The fourth-order valence-electron chi connectivity index (χ4n) is 3.22. The number of amides is 1. The van der Waals surface area contributed by atoms with Gasteiger partial charge in [-0.15, -0.1) is 0 Å². The first-order chi connectivity index (χ1) is 13.4. The summed E-state index contributed by atoms with van der Waals surface area (Å²) >= 11 is 0. The van der Waals surface area contributed by atoms with Gasteiger partial charge < -0.3 is 18.6 Å². The predicted octanol–water partition coefficient (Wildman–Crippen LogP) is 3.48. The van der Waals surface area contributed by atoms with E-state index in [0.717, 1.165) is 5.69 Å². The molecule has 2 aromatic rings. The van der Waals surface area contributed by atoms with Crippen molar-refractivity contribution >= 4 is 14.8 Å². The number of benzene rings is 1. The highest BCUT2D eigenvalue weighted by Gasteiger charge is 2.36. The Hall–Kier alpha value is -2.00. The van der Waals surface area contributed by atoms with Crippen LogP contribution in [-0.4, -0.2) is 52.3 Å². The van der Waals surface area contributed by atoms with Crippen molar-refractivity contribution in [3.8, 4) is 0 Å². The van der Waals surface area contributed by atoms with Gasteiger partial charge in [-0.2, -0.15) is 0 Å². The number of hydrogen-bond donors (Lipinski definition) is 1. The van der Waals surface area contributed by atoms with Crippen molar-refractivity contribution in [2.75, 3.05) is 27.9 Å². The standard InChI is InChI=1S/C20H31N3O4Si/c1-15-9-7-10-18(16(15)2)17(3)19-13-23(14-22-19)20(24)21-11-8-12-28(25-4,26-5)27-6/h7,9-10,13-14,17H,8,11-12H2,1-6H3,(H,21,24). The Labute approximate surface area is 168 Å². The summed E-state index contributed by atoms with van der Waals surface area (Å²) in [6.07, 6.45) is 4.05. The molecule has 8 heteroatoms. The molecule has 1 unspecified atom stereocenters. The maximum atomic E-state index is 12.4. The monoisotopic (exact) mass is 405 g/mol. The Morgan fingerprint density at radius 1 is 1.21 bits per heavy atom. The van der Waals surface area contributed by atoms with Crippen LogP contribution in [0.3, 0.4) is 0 Å². The topological polar surface area (TPSA) is 74.6 Å². The SMILES string of the molecule is CO[Si](CCCNC(=O)n1cnc(C(C)c2cccc(C)c2C)c1)(OC)OC. The largest absolute Gasteiger partial charge is 0.500 e. The lowest BCUT2D eigenvalue weighted by Gasteiger charge is -2.24. The zero-order chi connectivity index (χ0) is 20.7. The van der Waals surface area contributed by atoms with Gasteiger partial charge in [-0.1, -0.05) is 25.1 Å². The summed E-state index contributed by atoms with van der Waals surface area (Å²) in [5.74, 6) is 0.116. The second-order valence-corrected chi connectivity index (χ2v) is 9.94. The number of imidazole rings is 1. The predicted molar refractivity (Wildman–Crippen MR) is 111 cm³/mol. The first kappa shape index (κ1) is 22.3. The highest BCUT2D eigenvalue weighted by molar-refractivity contribution is 6.60. The van der Waals surface area contributed by atoms with E-state index in [1.54, 1.807) is 33.9 Å². The van der Waals surface area contributed by atoms with Crippen molar-refractivity contribution in [2.45, 2.75) is 39.2 Å². The highest BCUT2D eigenvalue weighted by Crippen LogP contribution is 2.27. The van der Waals surface area contributed by atoms with Crippen molar-refractivity contribution in [2.24, 2.45) is 0 Å². The fourth-order valence-corrected chi connectivity index (χ4v) is 4.94. The Morgan fingerprint density at radius 3 is 2.54 bits per heavy atom. The third-order valence-electron chi connectivity index (χ3n) is 5.26. The van der Waals surface area contributed by atoms with E-state index in [9.17, 15) is 4.79 Å². The van der Waals surface area contributed by atoms with Crippen molar-refractivity contribution < 1.29 is 18.1 Å². The van der Waals surface area contributed by atoms with Gasteiger partial charge in [0.2, 0.25) is 0 Å². The third-order valence-corrected chi connectivity index (χ3v) is 8.09. The first-order valence-electron chi connectivity index (χ1n) is 9.41. The number of aromatic nitrogens is 2. The van der Waals surface area contributed by atoms with Crippen LogP contribution in [0.5, 0.6) is 0 Å². The molecule has 1 N–H and O–H groups in total. The molecule has 0 aliphatic carbocycles. The summed E-state index contributed by atoms with van der Waals surface area (Å²) in [6, 6.07) is 6.71. The van der Waals surface area contributed by atoms with Gasteiger partial charge in [0.1, 0.15) is 6.33 Å². The smallest absolute Gasteiger partial charge is 0.377 e. The summed E-state index contributed by atoms with van der Waals surface area (Å²) in [5, 5.41) is 2.90. The Balaban J connectivity index is 1.94. The zero-order valence-corrected chi connectivity index (χ0v) is 18.6. The van der Waals surface area contributed by atoms with Crippen molar-refractivity contribution in [3.63, 3.8) is 0 Å². The zero-order valence-electron chi connectivity index (χ0n) is 17.6. The second kappa shape index (κ2) is 9.97. The van der Waals surface area contributed by atoms with Gasteiger partial charge in [-0.3, -0.25) is 4.57 Å². The molecule has 1 heterocycles. The molecule has 0 bridgehead atoms. The molecule has 0 saturated heterocycles. The van der Waals surface area contributed by atoms with Crippen LogP contribution >= 0.6 is 0 Å². The molecule has 0 spiro atoms. The van der Waals surface area contributed by atoms with Gasteiger partial charge in [-0.05, 0) is 37.0 Å². The highest BCUT2D eigenvalue weighted by atomic mass is 28.4. The average Bonchev–Trinajstić information content (AvgIpc) is 3.20. The molecule has 7 nitrogen and oxygen atoms in total. The van der Waals surface area contributed by atoms with E-state index in [1.165, 1.54) is 21.3 Å². The van der Waals surface area contributed by atoms with Crippen LogP contribution in [0.15, 0.2) is 30.7 Å². The normalized spacial score (nSPS) is 12.8. The van der Waals surface area contributed by atoms with Gasteiger partial charge in [0, 0.05) is 46.0 Å². The molecule has 0 fully saturated rings. The van der Waals surface area contributed by atoms with E-state index in [1.807, 2.05) is 0 Å². The molecule has 0 aliphatic rings. The number of aryl methyl sites for hydroxylation is 1. The van der Waals surface area contributed by atoms with Crippen molar-refractivity contribution in [3.05, 3.63) is 53.1 Å². The minimum Gasteiger partial charge on any atom is -0.377 e. The summed E-state index contributed by atoms with van der Waals surface area (Å²) in [4.78, 5) is 16.8. The number of hydrogen-bond acceptors (Lipinski definition) is 5. The second-order valence-electron chi connectivity index (χ2n) is 6.85. The molecule has 1 aromatic heterocycles. The van der Waals surface area contributed by atoms with Crippen LogP contribution in [0, 0.1) is 13.8 Å². The quantitative estimate of drug-likeness (QED) is 0.511. The van der Waals surface area contributed by atoms with Crippen LogP contribution in [0.2, 0.25) is 6.04 Å².